The molecule has 30 heavy (non-hydrogen) atoms. The van der Waals surface area contributed by atoms with E-state index in [2.05, 4.69) is 10.5 Å². The highest BCUT2D eigenvalue weighted by atomic mass is 32.1. The molecule has 1 N–H and O–H groups in total. The molecule has 1 heterocycles. The van der Waals surface area contributed by atoms with E-state index in [0.29, 0.717) is 28.2 Å². The summed E-state index contributed by atoms with van der Waals surface area (Å²) in [4.78, 5) is 25.2. The fraction of sp³-hybridized carbons (Fsp3) is 0.227. The summed E-state index contributed by atoms with van der Waals surface area (Å²) < 4.78 is 25.0. The maximum Gasteiger partial charge on any atom is 0.240 e. The average molecular weight is 428 g/mol. The van der Waals surface area contributed by atoms with Crippen LogP contribution in [0.1, 0.15) is 35.0 Å². The third-order valence-corrected chi connectivity index (χ3v) is 5.71. The first-order valence-corrected chi connectivity index (χ1v) is 10.0. The van der Waals surface area contributed by atoms with Crippen LogP contribution >= 0.6 is 11.3 Å². The summed E-state index contributed by atoms with van der Waals surface area (Å²) in [5, 5.41) is 4.60. The van der Waals surface area contributed by atoms with Gasteiger partial charge in [0.2, 0.25) is 5.91 Å². The van der Waals surface area contributed by atoms with Crippen LogP contribution in [-0.4, -0.2) is 31.6 Å². The Morgan fingerprint density at radius 1 is 1.07 bits per heavy atom. The number of carbonyl (C=O) groups is 2. The zero-order chi connectivity index (χ0) is 21.7. The summed E-state index contributed by atoms with van der Waals surface area (Å²) in [5.41, 5.74) is 3.45. The minimum absolute atomic E-state index is 0.00893. The Labute approximate surface area is 177 Å². The zero-order valence-electron chi connectivity index (χ0n) is 16.8. The number of benzene rings is 2. The lowest BCUT2D eigenvalue weighted by Gasteiger charge is -2.09. The largest absolute Gasteiger partial charge is 0.493 e. The minimum Gasteiger partial charge on any atom is -0.493 e. The smallest absolute Gasteiger partial charge is 0.240 e. The second-order valence-electron chi connectivity index (χ2n) is 6.49. The molecule has 0 aliphatic rings. The number of carbonyl (C=O) groups excluding carboxylic acids is 2. The fourth-order valence-corrected chi connectivity index (χ4v) is 3.86. The molecule has 0 unspecified atom stereocenters. The molecule has 0 aliphatic carbocycles. The van der Waals surface area contributed by atoms with Crippen LogP contribution in [0.15, 0.2) is 47.6 Å². The Bertz CT molecular complexity index is 1120. The fourth-order valence-electron chi connectivity index (χ4n) is 2.84. The van der Waals surface area contributed by atoms with Crippen molar-refractivity contribution in [3.05, 3.63) is 58.7 Å². The van der Waals surface area contributed by atoms with Gasteiger partial charge in [-0.1, -0.05) is 6.07 Å². The Hall–Kier alpha value is -3.26. The average Bonchev–Trinajstić information content (AvgIpc) is 3.21. The molecule has 0 aliphatic heterocycles. The van der Waals surface area contributed by atoms with Crippen LogP contribution in [0.3, 0.4) is 0 Å². The Morgan fingerprint density at radius 2 is 1.83 bits per heavy atom. The van der Waals surface area contributed by atoms with Crippen LogP contribution < -0.4 is 14.9 Å². The van der Waals surface area contributed by atoms with Crippen LogP contribution in [0.2, 0.25) is 0 Å². The molecule has 0 saturated heterocycles. The molecular weight excluding hydrogens is 407 g/mol. The van der Waals surface area contributed by atoms with E-state index in [-0.39, 0.29) is 30.3 Å². The predicted octanol–water partition coefficient (Wildman–Crippen LogP) is 4.56. The SMILES string of the molecule is COc1ccc(C(=O)CCC(=O)N/N=C(\C)c2cc3c(F)cccc3s2)cc1OC. The highest BCUT2D eigenvalue weighted by Gasteiger charge is 2.13. The first kappa shape index (κ1) is 21.4. The molecule has 8 heteroatoms. The number of amides is 1. The van der Waals surface area contributed by atoms with Crippen molar-refractivity contribution >= 4 is 38.8 Å². The van der Waals surface area contributed by atoms with E-state index >= 15 is 0 Å². The second-order valence-corrected chi connectivity index (χ2v) is 7.57. The molecule has 0 atom stereocenters. The number of ether oxygens (including phenoxy) is 2. The standard InChI is InChI=1S/C22H21FN2O4S/c1-13(21-12-15-16(23)5-4-6-20(15)30-21)24-25-22(27)10-8-17(26)14-7-9-18(28-2)19(11-14)29-3/h4-7,9,11-12H,8,10H2,1-3H3,(H,25,27)/b24-13+. The number of nitrogens with zero attached hydrogens (tertiary/aromatic N) is 1. The molecule has 3 rings (SSSR count). The molecule has 0 fully saturated rings. The molecule has 1 aromatic heterocycles. The molecule has 0 radical (unpaired) electrons. The summed E-state index contributed by atoms with van der Waals surface area (Å²) in [5.74, 6) is 0.119. The van der Waals surface area contributed by atoms with Gasteiger partial charge < -0.3 is 9.47 Å². The number of fused-ring (bicyclic) bond motifs is 1. The number of methoxy groups -OCH3 is 2. The number of hydrazone groups is 1. The minimum atomic E-state index is -0.379. The lowest BCUT2D eigenvalue weighted by Crippen LogP contribution is -2.19. The van der Waals surface area contributed by atoms with Crippen molar-refractivity contribution in [1.82, 2.24) is 5.43 Å². The van der Waals surface area contributed by atoms with Crippen molar-refractivity contribution in [2.24, 2.45) is 5.10 Å². The highest BCUT2D eigenvalue weighted by molar-refractivity contribution is 7.20. The van der Waals surface area contributed by atoms with Gasteiger partial charge in [0.05, 0.1) is 24.8 Å². The van der Waals surface area contributed by atoms with Crippen LogP contribution in [0.4, 0.5) is 4.39 Å². The van der Waals surface area contributed by atoms with Crippen molar-refractivity contribution < 1.29 is 23.5 Å². The first-order chi connectivity index (χ1) is 14.4. The summed E-state index contributed by atoms with van der Waals surface area (Å²) in [7, 11) is 3.01. The number of ketones is 1. The second kappa shape index (κ2) is 9.49. The maximum absolute atomic E-state index is 13.8. The van der Waals surface area contributed by atoms with E-state index in [4.69, 9.17) is 9.47 Å². The van der Waals surface area contributed by atoms with E-state index in [1.165, 1.54) is 31.6 Å². The van der Waals surface area contributed by atoms with Crippen molar-refractivity contribution in [2.75, 3.05) is 14.2 Å². The third-order valence-electron chi connectivity index (χ3n) is 4.50. The molecule has 6 nitrogen and oxygen atoms in total. The van der Waals surface area contributed by atoms with Gasteiger partial charge in [-0.05, 0) is 43.3 Å². The summed E-state index contributed by atoms with van der Waals surface area (Å²) in [6.45, 7) is 1.73. The number of Topliss-reactive ketones (excluding diaryl/α,β-unsaturated/α-hetero) is 1. The van der Waals surface area contributed by atoms with Gasteiger partial charge in [0.15, 0.2) is 17.3 Å². The lowest BCUT2D eigenvalue weighted by atomic mass is 10.1. The van der Waals surface area contributed by atoms with Crippen LogP contribution in [0.25, 0.3) is 10.1 Å². The Morgan fingerprint density at radius 3 is 2.53 bits per heavy atom. The molecule has 0 bridgehead atoms. The van der Waals surface area contributed by atoms with Crippen molar-refractivity contribution in [2.45, 2.75) is 19.8 Å². The molecule has 2 aromatic carbocycles. The maximum atomic E-state index is 13.8. The molecule has 0 spiro atoms. The molecule has 3 aromatic rings. The third kappa shape index (κ3) is 4.83. The van der Waals surface area contributed by atoms with Crippen LogP contribution in [-0.2, 0) is 4.79 Å². The lowest BCUT2D eigenvalue weighted by molar-refractivity contribution is -0.121. The van der Waals surface area contributed by atoms with Gasteiger partial charge in [0.1, 0.15) is 5.82 Å². The van der Waals surface area contributed by atoms with Gasteiger partial charge in [-0.2, -0.15) is 5.10 Å². The Kier molecular flexibility index (Phi) is 6.79. The molecular formula is C22H21FN2O4S. The quantitative estimate of drug-likeness (QED) is 0.324. The predicted molar refractivity (Wildman–Crippen MR) is 115 cm³/mol. The molecule has 1 amide bonds. The van der Waals surface area contributed by atoms with Gasteiger partial charge in [0, 0.05) is 28.5 Å². The summed E-state index contributed by atoms with van der Waals surface area (Å²) in [6.07, 6.45) is 0.0228. The highest BCUT2D eigenvalue weighted by Crippen LogP contribution is 2.29. The van der Waals surface area contributed by atoms with E-state index in [1.54, 1.807) is 37.3 Å². The van der Waals surface area contributed by atoms with Crippen molar-refractivity contribution in [3.8, 4) is 11.5 Å². The topological polar surface area (TPSA) is 77.0 Å². The van der Waals surface area contributed by atoms with E-state index in [1.807, 2.05) is 6.07 Å². The molecule has 156 valence electrons. The van der Waals surface area contributed by atoms with Crippen LogP contribution in [0.5, 0.6) is 11.5 Å². The number of hydrogen-bond acceptors (Lipinski definition) is 6. The van der Waals surface area contributed by atoms with Crippen molar-refractivity contribution in [1.29, 1.82) is 0 Å². The number of thiophene rings is 1. The normalized spacial score (nSPS) is 11.4. The number of nitrogens with one attached hydrogen (secondary N) is 1. The summed E-state index contributed by atoms with van der Waals surface area (Å²) in [6, 6.07) is 11.5. The number of hydrogen-bond donors (Lipinski definition) is 1. The van der Waals surface area contributed by atoms with E-state index < -0.39 is 0 Å². The van der Waals surface area contributed by atoms with Gasteiger partial charge in [-0.25, -0.2) is 9.82 Å². The van der Waals surface area contributed by atoms with Crippen molar-refractivity contribution in [3.63, 3.8) is 0 Å². The van der Waals surface area contributed by atoms with Gasteiger partial charge >= 0.3 is 0 Å². The number of halogens is 1. The monoisotopic (exact) mass is 428 g/mol. The number of rotatable bonds is 8. The first-order valence-electron chi connectivity index (χ1n) is 9.19. The van der Waals surface area contributed by atoms with Crippen LogP contribution in [0, 0.1) is 5.82 Å². The van der Waals surface area contributed by atoms with Gasteiger partial charge in [-0.15, -0.1) is 11.3 Å². The summed E-state index contributed by atoms with van der Waals surface area (Å²) >= 11 is 1.39. The molecule has 0 saturated carbocycles. The van der Waals surface area contributed by atoms with E-state index in [9.17, 15) is 14.0 Å². The Balaban J connectivity index is 1.58. The van der Waals surface area contributed by atoms with Gasteiger partial charge in [0.25, 0.3) is 0 Å². The van der Waals surface area contributed by atoms with Gasteiger partial charge in [-0.3, -0.25) is 9.59 Å². The van der Waals surface area contributed by atoms with E-state index in [0.717, 1.165) is 9.58 Å². The zero-order valence-corrected chi connectivity index (χ0v) is 17.6.